The molecule has 0 amide bonds. The normalized spacial score (nSPS) is 10.2. The first kappa shape index (κ1) is 11.2. The minimum absolute atomic E-state index is 0.277. The summed E-state index contributed by atoms with van der Waals surface area (Å²) in [6, 6.07) is 8.10. The maximum Gasteiger partial charge on any atom is 0.330 e. The van der Waals surface area contributed by atoms with Crippen LogP contribution >= 0.6 is 0 Å². The lowest BCUT2D eigenvalue weighted by Crippen LogP contribution is -1.98. The molecule has 0 heterocycles. The maximum absolute atomic E-state index is 10.7. The van der Waals surface area contributed by atoms with Gasteiger partial charge >= 0.3 is 5.97 Å². The van der Waals surface area contributed by atoms with E-state index < -0.39 is 5.97 Å². The molecule has 0 bridgehead atoms. The molecule has 0 aliphatic rings. The zero-order valence-corrected chi connectivity index (χ0v) is 8.77. The quantitative estimate of drug-likeness (QED) is 0.554. The molecule has 1 aromatic carbocycles. The highest BCUT2D eigenvalue weighted by molar-refractivity contribution is 5.81. The van der Waals surface area contributed by atoms with Gasteiger partial charge < -0.3 is 4.74 Å². The Balaban J connectivity index is 2.41. The minimum Gasteiger partial charge on any atom is -0.458 e. The third kappa shape index (κ3) is 4.27. The van der Waals surface area contributed by atoms with Gasteiger partial charge in [-0.25, -0.2) is 4.79 Å². The molecule has 2 nitrogen and oxygen atoms in total. The Morgan fingerprint density at radius 2 is 2.07 bits per heavy atom. The van der Waals surface area contributed by atoms with Crippen molar-refractivity contribution in [3.05, 3.63) is 54.1 Å². The molecule has 0 saturated heterocycles. The second-order valence-corrected chi connectivity index (χ2v) is 3.15. The fraction of sp³-hybridized carbons (Fsp3) is 0.154. The van der Waals surface area contributed by atoms with E-state index in [0.717, 1.165) is 11.6 Å². The predicted molar refractivity (Wildman–Crippen MR) is 61.4 cm³/mol. The summed E-state index contributed by atoms with van der Waals surface area (Å²) in [7, 11) is 0. The number of ether oxygens (including phenoxy) is 1. The molecular weight excluding hydrogens is 188 g/mol. The van der Waals surface area contributed by atoms with Gasteiger partial charge in [-0.05, 0) is 18.6 Å². The number of rotatable bonds is 4. The second kappa shape index (κ2) is 5.81. The number of aryl methyl sites for hydroxylation is 1. The van der Waals surface area contributed by atoms with E-state index in [-0.39, 0.29) is 6.61 Å². The van der Waals surface area contributed by atoms with E-state index in [0.29, 0.717) is 0 Å². The monoisotopic (exact) mass is 202 g/mol. The van der Waals surface area contributed by atoms with Gasteiger partial charge in [0.15, 0.2) is 0 Å². The first-order valence-corrected chi connectivity index (χ1v) is 4.75. The summed E-state index contributed by atoms with van der Waals surface area (Å²) < 4.78 is 4.79. The summed E-state index contributed by atoms with van der Waals surface area (Å²) in [5, 5.41) is 0. The molecule has 0 radical (unpaired) electrons. The van der Waals surface area contributed by atoms with Crippen LogP contribution in [0.15, 0.2) is 43.0 Å². The summed E-state index contributed by atoms with van der Waals surface area (Å²) in [4.78, 5) is 10.7. The second-order valence-electron chi connectivity index (χ2n) is 3.15. The van der Waals surface area contributed by atoms with Crippen LogP contribution in [0, 0.1) is 6.92 Å². The highest BCUT2D eigenvalue weighted by Gasteiger charge is 1.90. The minimum atomic E-state index is -0.399. The van der Waals surface area contributed by atoms with Crippen molar-refractivity contribution in [1.82, 2.24) is 0 Å². The smallest absolute Gasteiger partial charge is 0.330 e. The Morgan fingerprint density at radius 1 is 1.40 bits per heavy atom. The molecule has 0 aliphatic carbocycles. The summed E-state index contributed by atoms with van der Waals surface area (Å²) in [6.07, 6.45) is 4.86. The molecule has 0 N–H and O–H groups in total. The lowest BCUT2D eigenvalue weighted by atomic mass is 10.1. The number of hydrogen-bond acceptors (Lipinski definition) is 2. The van der Waals surface area contributed by atoms with Gasteiger partial charge in [0.25, 0.3) is 0 Å². The lowest BCUT2D eigenvalue weighted by Gasteiger charge is -1.96. The highest BCUT2D eigenvalue weighted by Crippen LogP contribution is 2.04. The van der Waals surface area contributed by atoms with E-state index in [4.69, 9.17) is 4.74 Å². The molecule has 0 fully saturated rings. The zero-order chi connectivity index (χ0) is 11.1. The number of hydrogen-bond donors (Lipinski definition) is 0. The van der Waals surface area contributed by atoms with Crippen LogP contribution in [-0.4, -0.2) is 12.6 Å². The van der Waals surface area contributed by atoms with Crippen LogP contribution in [0.25, 0.3) is 6.08 Å². The van der Waals surface area contributed by atoms with Crippen LogP contribution < -0.4 is 0 Å². The SMILES string of the molecule is C=CC(=O)OCC=Cc1ccc(C)cc1. The number of carbonyl (C=O) groups excluding carboxylic acids is 1. The Hall–Kier alpha value is -1.83. The van der Waals surface area contributed by atoms with Crippen LogP contribution in [0.2, 0.25) is 0 Å². The lowest BCUT2D eigenvalue weighted by molar-refractivity contribution is -0.136. The van der Waals surface area contributed by atoms with Crippen LogP contribution in [0.3, 0.4) is 0 Å². The van der Waals surface area contributed by atoms with Crippen molar-refractivity contribution in [2.75, 3.05) is 6.61 Å². The fourth-order valence-corrected chi connectivity index (χ4v) is 1.05. The van der Waals surface area contributed by atoms with Crippen molar-refractivity contribution in [3.8, 4) is 0 Å². The molecular formula is C13H14O2. The first-order valence-electron chi connectivity index (χ1n) is 4.75. The number of benzene rings is 1. The van der Waals surface area contributed by atoms with E-state index in [1.54, 1.807) is 6.08 Å². The first-order chi connectivity index (χ1) is 7.22. The Labute approximate surface area is 89.9 Å². The van der Waals surface area contributed by atoms with Gasteiger partial charge in [-0.2, -0.15) is 0 Å². The van der Waals surface area contributed by atoms with Crippen LogP contribution in [0.1, 0.15) is 11.1 Å². The van der Waals surface area contributed by atoms with Gasteiger partial charge in [0, 0.05) is 6.08 Å². The third-order valence-corrected chi connectivity index (χ3v) is 1.88. The number of esters is 1. The van der Waals surface area contributed by atoms with Crippen molar-refractivity contribution in [1.29, 1.82) is 0 Å². The van der Waals surface area contributed by atoms with Gasteiger partial charge in [0.05, 0.1) is 0 Å². The summed E-state index contributed by atoms with van der Waals surface area (Å²) in [5.74, 6) is -0.399. The Bertz CT molecular complexity index is 361. The van der Waals surface area contributed by atoms with Crippen LogP contribution in [-0.2, 0) is 9.53 Å². The van der Waals surface area contributed by atoms with E-state index in [1.807, 2.05) is 37.3 Å². The molecule has 0 aromatic heterocycles. The fourth-order valence-electron chi connectivity index (χ4n) is 1.05. The van der Waals surface area contributed by atoms with E-state index in [9.17, 15) is 4.79 Å². The van der Waals surface area contributed by atoms with Crippen molar-refractivity contribution in [3.63, 3.8) is 0 Å². The molecule has 0 unspecified atom stereocenters. The molecule has 1 aromatic rings. The average Bonchev–Trinajstić information content (AvgIpc) is 2.26. The van der Waals surface area contributed by atoms with E-state index in [2.05, 4.69) is 6.58 Å². The van der Waals surface area contributed by atoms with E-state index in [1.165, 1.54) is 5.56 Å². The van der Waals surface area contributed by atoms with Gasteiger partial charge in [-0.3, -0.25) is 0 Å². The van der Waals surface area contributed by atoms with E-state index >= 15 is 0 Å². The van der Waals surface area contributed by atoms with Crippen molar-refractivity contribution in [2.24, 2.45) is 0 Å². The Kier molecular flexibility index (Phi) is 4.35. The molecule has 2 heteroatoms. The topological polar surface area (TPSA) is 26.3 Å². The molecule has 1 rings (SSSR count). The maximum atomic E-state index is 10.7. The van der Waals surface area contributed by atoms with Crippen molar-refractivity contribution >= 4 is 12.0 Å². The van der Waals surface area contributed by atoms with Gasteiger partial charge in [0.2, 0.25) is 0 Å². The number of carbonyl (C=O) groups is 1. The Morgan fingerprint density at radius 3 is 2.67 bits per heavy atom. The summed E-state index contributed by atoms with van der Waals surface area (Å²) >= 11 is 0. The van der Waals surface area contributed by atoms with Crippen LogP contribution in [0.4, 0.5) is 0 Å². The predicted octanol–water partition coefficient (Wildman–Crippen LogP) is 2.74. The van der Waals surface area contributed by atoms with Crippen molar-refractivity contribution in [2.45, 2.75) is 6.92 Å². The molecule has 0 aliphatic heterocycles. The summed E-state index contributed by atoms with van der Waals surface area (Å²) in [6.45, 7) is 5.63. The van der Waals surface area contributed by atoms with Gasteiger partial charge in [0.1, 0.15) is 6.61 Å². The van der Waals surface area contributed by atoms with Gasteiger partial charge in [-0.1, -0.05) is 42.5 Å². The third-order valence-electron chi connectivity index (χ3n) is 1.88. The standard InChI is InChI=1S/C13H14O2/c1-3-13(14)15-10-4-5-12-8-6-11(2)7-9-12/h3-9H,1,10H2,2H3. The molecule has 0 saturated carbocycles. The van der Waals surface area contributed by atoms with Crippen LogP contribution in [0.5, 0.6) is 0 Å². The largest absolute Gasteiger partial charge is 0.458 e. The molecule has 0 atom stereocenters. The summed E-state index contributed by atoms with van der Waals surface area (Å²) in [5.41, 5.74) is 2.32. The molecule has 0 spiro atoms. The molecule has 15 heavy (non-hydrogen) atoms. The average molecular weight is 202 g/mol. The molecule has 78 valence electrons. The van der Waals surface area contributed by atoms with Gasteiger partial charge in [-0.15, -0.1) is 0 Å². The highest BCUT2D eigenvalue weighted by atomic mass is 16.5. The van der Waals surface area contributed by atoms with Crippen molar-refractivity contribution < 1.29 is 9.53 Å². The zero-order valence-electron chi connectivity index (χ0n) is 8.77.